The van der Waals surface area contributed by atoms with Crippen molar-refractivity contribution in [3.63, 3.8) is 0 Å². The van der Waals surface area contributed by atoms with Crippen LogP contribution < -0.4 is 4.90 Å². The van der Waals surface area contributed by atoms with E-state index in [1.165, 1.54) is 23.2 Å². The summed E-state index contributed by atoms with van der Waals surface area (Å²) < 4.78 is 36.1. The summed E-state index contributed by atoms with van der Waals surface area (Å²) in [4.78, 5) is 2.31. The summed E-state index contributed by atoms with van der Waals surface area (Å²) in [5.41, 5.74) is 6.97. The fourth-order valence-electron chi connectivity index (χ4n) is 5.70. The van der Waals surface area contributed by atoms with Crippen LogP contribution >= 0.6 is 0 Å². The lowest BCUT2D eigenvalue weighted by Gasteiger charge is -2.32. The highest BCUT2D eigenvalue weighted by molar-refractivity contribution is 7.88. The summed E-state index contributed by atoms with van der Waals surface area (Å²) in [6.07, 6.45) is 9.84. The van der Waals surface area contributed by atoms with Gasteiger partial charge in [-0.15, -0.1) is 0 Å². The van der Waals surface area contributed by atoms with Gasteiger partial charge in [0.25, 0.3) is 0 Å². The predicted molar refractivity (Wildman–Crippen MR) is 134 cm³/mol. The number of anilines is 2. The summed E-state index contributed by atoms with van der Waals surface area (Å²) in [6, 6.07) is 6.91. The lowest BCUT2D eigenvalue weighted by Crippen LogP contribution is -2.36. The molecule has 9 nitrogen and oxygen atoms in total. The molecule has 1 aromatic carbocycles. The van der Waals surface area contributed by atoms with Crippen molar-refractivity contribution in [1.29, 1.82) is 0 Å². The Kier molecular flexibility index (Phi) is 5.69. The van der Waals surface area contributed by atoms with Crippen LogP contribution in [0.4, 0.5) is 11.5 Å². The smallest absolute Gasteiger partial charge is 0.211 e. The van der Waals surface area contributed by atoms with E-state index in [9.17, 15) is 8.42 Å². The zero-order chi connectivity index (χ0) is 24.2. The highest BCUT2D eigenvalue weighted by atomic mass is 32.2. The normalized spacial score (nSPS) is 19.5. The van der Waals surface area contributed by atoms with Crippen molar-refractivity contribution in [2.45, 2.75) is 44.7 Å². The molecule has 3 aliphatic heterocycles. The van der Waals surface area contributed by atoms with Crippen LogP contribution in [0.15, 0.2) is 30.6 Å². The second-order valence-corrected chi connectivity index (χ2v) is 11.9. The fourth-order valence-corrected chi connectivity index (χ4v) is 6.49. The van der Waals surface area contributed by atoms with E-state index in [0.29, 0.717) is 25.6 Å². The van der Waals surface area contributed by atoms with Gasteiger partial charge in [0.1, 0.15) is 0 Å². The Balaban J connectivity index is 1.42. The lowest BCUT2D eigenvalue weighted by molar-refractivity contribution is 0.0652. The Labute approximate surface area is 206 Å². The number of fused-ring (bicyclic) bond motifs is 2. The molecule has 1 fully saturated rings. The summed E-state index contributed by atoms with van der Waals surface area (Å²) in [6.45, 7) is 3.24. The molecule has 0 bridgehead atoms. The SMILES string of the molecule is Cn1cc(-c2ccc3c(c2)CCCN3c2nn(C3CCOCC3)c3c2CN(S(C)(=O)=O)CC3)cn1. The predicted octanol–water partition coefficient (Wildman–Crippen LogP) is 3.04. The van der Waals surface area contributed by atoms with Gasteiger partial charge in [-0.1, -0.05) is 6.07 Å². The Morgan fingerprint density at radius 3 is 2.66 bits per heavy atom. The third-order valence-electron chi connectivity index (χ3n) is 7.53. The van der Waals surface area contributed by atoms with Gasteiger partial charge in [-0.2, -0.15) is 14.5 Å². The van der Waals surface area contributed by atoms with Crippen molar-refractivity contribution in [2.24, 2.45) is 7.05 Å². The third kappa shape index (κ3) is 4.17. The van der Waals surface area contributed by atoms with Crippen LogP contribution in [0, 0.1) is 0 Å². The molecule has 0 spiro atoms. The molecule has 10 heteroatoms. The first-order valence-corrected chi connectivity index (χ1v) is 14.3. The van der Waals surface area contributed by atoms with Gasteiger partial charge in [0.2, 0.25) is 10.0 Å². The number of aryl methyl sites for hydroxylation is 2. The topological polar surface area (TPSA) is 85.5 Å². The quantitative estimate of drug-likeness (QED) is 0.552. The van der Waals surface area contributed by atoms with E-state index in [0.717, 1.165) is 68.0 Å². The number of aromatic nitrogens is 4. The first kappa shape index (κ1) is 22.8. The van der Waals surface area contributed by atoms with E-state index in [4.69, 9.17) is 9.84 Å². The number of benzene rings is 1. The zero-order valence-corrected chi connectivity index (χ0v) is 21.2. The van der Waals surface area contributed by atoms with Crippen molar-refractivity contribution in [3.05, 3.63) is 47.4 Å². The maximum absolute atomic E-state index is 12.4. The first-order chi connectivity index (χ1) is 16.9. The number of sulfonamides is 1. The number of ether oxygens (including phenoxy) is 1. The highest BCUT2D eigenvalue weighted by Crippen LogP contribution is 2.40. The van der Waals surface area contributed by atoms with Crippen molar-refractivity contribution in [1.82, 2.24) is 23.9 Å². The second-order valence-electron chi connectivity index (χ2n) is 9.88. The van der Waals surface area contributed by atoms with E-state index in [2.05, 4.69) is 32.9 Å². The van der Waals surface area contributed by atoms with Crippen molar-refractivity contribution in [2.75, 3.05) is 37.5 Å². The number of hydrogen-bond donors (Lipinski definition) is 0. The Bertz CT molecular complexity index is 1360. The summed E-state index contributed by atoms with van der Waals surface area (Å²) in [5.74, 6) is 0.912. The average Bonchev–Trinajstić information content (AvgIpc) is 3.47. The van der Waals surface area contributed by atoms with Crippen LogP contribution in [0.25, 0.3) is 11.1 Å². The van der Waals surface area contributed by atoms with E-state index in [-0.39, 0.29) is 0 Å². The molecule has 0 unspecified atom stereocenters. The Hall–Kier alpha value is -2.69. The minimum absolute atomic E-state index is 0.299. The molecule has 0 N–H and O–H groups in total. The van der Waals surface area contributed by atoms with Gasteiger partial charge >= 0.3 is 0 Å². The number of hydrogen-bond acceptors (Lipinski definition) is 6. The maximum Gasteiger partial charge on any atom is 0.211 e. The van der Waals surface area contributed by atoms with Crippen molar-refractivity contribution >= 4 is 21.5 Å². The van der Waals surface area contributed by atoms with Gasteiger partial charge in [0.15, 0.2) is 5.82 Å². The van der Waals surface area contributed by atoms with E-state index in [1.807, 2.05) is 24.1 Å². The molecule has 0 radical (unpaired) electrons. The van der Waals surface area contributed by atoms with Crippen LogP contribution in [-0.2, 0) is 41.2 Å². The van der Waals surface area contributed by atoms with Crippen LogP contribution in [0.1, 0.15) is 42.1 Å². The molecule has 3 aliphatic rings. The van der Waals surface area contributed by atoms with Gasteiger partial charge in [-0.25, -0.2) is 8.42 Å². The van der Waals surface area contributed by atoms with Gasteiger partial charge in [0.05, 0.1) is 18.5 Å². The molecule has 6 rings (SSSR count). The number of rotatable bonds is 4. The average molecular weight is 497 g/mol. The van der Waals surface area contributed by atoms with Crippen LogP contribution in [0.3, 0.4) is 0 Å². The van der Waals surface area contributed by atoms with Crippen LogP contribution in [0.5, 0.6) is 0 Å². The first-order valence-electron chi connectivity index (χ1n) is 12.4. The lowest BCUT2D eigenvalue weighted by atomic mass is 9.96. The van der Waals surface area contributed by atoms with Gasteiger partial charge < -0.3 is 9.64 Å². The second kappa shape index (κ2) is 8.76. The van der Waals surface area contributed by atoms with Crippen LogP contribution in [-0.4, -0.2) is 64.8 Å². The highest BCUT2D eigenvalue weighted by Gasteiger charge is 2.34. The third-order valence-corrected chi connectivity index (χ3v) is 8.78. The minimum Gasteiger partial charge on any atom is -0.381 e. The van der Waals surface area contributed by atoms with E-state index in [1.54, 1.807) is 4.31 Å². The van der Waals surface area contributed by atoms with Gasteiger partial charge in [0, 0.05) is 75.0 Å². The fraction of sp³-hybridized carbons (Fsp3) is 0.520. The maximum atomic E-state index is 12.4. The largest absolute Gasteiger partial charge is 0.381 e. The van der Waals surface area contributed by atoms with Crippen molar-refractivity contribution < 1.29 is 13.2 Å². The molecule has 0 atom stereocenters. The minimum atomic E-state index is -3.28. The molecule has 2 aromatic heterocycles. The summed E-state index contributed by atoms with van der Waals surface area (Å²) >= 11 is 0. The summed E-state index contributed by atoms with van der Waals surface area (Å²) in [7, 11) is -1.34. The van der Waals surface area contributed by atoms with Gasteiger partial charge in [-0.3, -0.25) is 9.36 Å². The van der Waals surface area contributed by atoms with Gasteiger partial charge in [-0.05, 0) is 48.9 Å². The zero-order valence-electron chi connectivity index (χ0n) is 20.4. The molecule has 0 amide bonds. The summed E-state index contributed by atoms with van der Waals surface area (Å²) in [5, 5.41) is 9.51. The van der Waals surface area contributed by atoms with Crippen molar-refractivity contribution in [3.8, 4) is 11.1 Å². The monoisotopic (exact) mass is 496 g/mol. The molecule has 0 saturated carbocycles. The standard InChI is InChI=1S/C25H32N6O3S/c1-28-16-20(15-26-28)18-5-6-23-19(14-18)4-3-10-30(23)25-22-17-29(35(2,32)33)11-7-24(22)31(27-25)21-8-12-34-13-9-21/h5-6,14-16,21H,3-4,7-13,17H2,1-2H3. The molecule has 0 aliphatic carbocycles. The molecule has 35 heavy (non-hydrogen) atoms. The molecular weight excluding hydrogens is 464 g/mol. The van der Waals surface area contributed by atoms with E-state index >= 15 is 0 Å². The molecule has 5 heterocycles. The van der Waals surface area contributed by atoms with E-state index < -0.39 is 10.0 Å². The number of nitrogens with zero attached hydrogens (tertiary/aromatic N) is 6. The Morgan fingerprint density at radius 1 is 1.09 bits per heavy atom. The molecule has 186 valence electrons. The van der Waals surface area contributed by atoms with Crippen LogP contribution in [0.2, 0.25) is 0 Å². The Morgan fingerprint density at radius 2 is 1.91 bits per heavy atom. The molecule has 1 saturated heterocycles. The molecular formula is C25H32N6O3S. The molecule has 3 aromatic rings.